The van der Waals surface area contributed by atoms with Gasteiger partial charge < -0.3 is 18.9 Å². The van der Waals surface area contributed by atoms with Crippen LogP contribution in [0.25, 0.3) is 0 Å². The molecule has 4 unspecified atom stereocenters. The molecule has 0 aromatic carbocycles. The Hall–Kier alpha value is -0.160. The third-order valence-electron chi connectivity index (χ3n) is 6.67. The van der Waals surface area contributed by atoms with Gasteiger partial charge in [-0.1, -0.05) is 48.5 Å². The normalized spacial score (nSPS) is 50.0. The summed E-state index contributed by atoms with van der Waals surface area (Å²) in [7, 11) is 1.72. The highest BCUT2D eigenvalue weighted by molar-refractivity contribution is 4.88. The zero-order valence-corrected chi connectivity index (χ0v) is 16.8. The number of ether oxygens (including phenoxy) is 4. The minimum absolute atomic E-state index is 0.0965. The lowest BCUT2D eigenvalue weighted by molar-refractivity contribution is -0.318. The van der Waals surface area contributed by atoms with Crippen molar-refractivity contribution in [2.24, 2.45) is 29.6 Å². The van der Waals surface area contributed by atoms with Crippen LogP contribution in [0.3, 0.4) is 0 Å². The van der Waals surface area contributed by atoms with Crippen molar-refractivity contribution in [3.05, 3.63) is 0 Å². The zero-order valence-electron chi connectivity index (χ0n) is 16.8. The third-order valence-corrected chi connectivity index (χ3v) is 6.67. The molecule has 0 saturated carbocycles. The van der Waals surface area contributed by atoms with Gasteiger partial charge in [-0.25, -0.2) is 0 Å². The van der Waals surface area contributed by atoms with Crippen molar-refractivity contribution in [2.75, 3.05) is 7.11 Å². The molecule has 10 atom stereocenters. The quantitative estimate of drug-likeness (QED) is 0.739. The Bertz CT molecular complexity index is 370. The monoisotopic (exact) mass is 342 g/mol. The molecule has 0 aliphatic carbocycles. The van der Waals surface area contributed by atoms with E-state index in [0.29, 0.717) is 23.7 Å². The maximum atomic E-state index is 6.60. The average Bonchev–Trinajstić information content (AvgIpc) is 2.58. The molecule has 2 fully saturated rings. The maximum absolute atomic E-state index is 6.60. The van der Waals surface area contributed by atoms with Crippen molar-refractivity contribution in [3.8, 4) is 0 Å². The molecule has 2 rings (SSSR count). The van der Waals surface area contributed by atoms with Crippen LogP contribution in [-0.4, -0.2) is 38.0 Å². The van der Waals surface area contributed by atoms with E-state index in [4.69, 9.17) is 18.9 Å². The van der Waals surface area contributed by atoms with Gasteiger partial charge in [-0.3, -0.25) is 0 Å². The fourth-order valence-corrected chi connectivity index (χ4v) is 4.52. The molecule has 4 nitrogen and oxygen atoms in total. The van der Waals surface area contributed by atoms with E-state index in [1.165, 1.54) is 0 Å². The summed E-state index contributed by atoms with van der Waals surface area (Å²) >= 11 is 0. The van der Waals surface area contributed by atoms with Crippen LogP contribution in [0.1, 0.15) is 61.3 Å². The lowest BCUT2D eigenvalue weighted by Crippen LogP contribution is -2.54. The molecule has 2 aliphatic rings. The van der Waals surface area contributed by atoms with E-state index in [9.17, 15) is 0 Å². The second-order valence-electron chi connectivity index (χ2n) is 8.03. The Balaban J connectivity index is 2.14. The summed E-state index contributed by atoms with van der Waals surface area (Å²) in [4.78, 5) is 0. The lowest BCUT2D eigenvalue weighted by atomic mass is 9.78. The van der Waals surface area contributed by atoms with Crippen LogP contribution in [0.4, 0.5) is 0 Å². The van der Waals surface area contributed by atoms with Gasteiger partial charge >= 0.3 is 0 Å². The molecule has 2 heterocycles. The van der Waals surface area contributed by atoms with E-state index in [2.05, 4.69) is 48.5 Å². The van der Waals surface area contributed by atoms with E-state index < -0.39 is 0 Å². The lowest BCUT2D eigenvalue weighted by Gasteiger charge is -2.49. The Morgan fingerprint density at radius 3 is 1.75 bits per heavy atom. The first-order valence-electron chi connectivity index (χ1n) is 9.84. The average molecular weight is 343 g/mol. The summed E-state index contributed by atoms with van der Waals surface area (Å²) in [5.41, 5.74) is 0. The van der Waals surface area contributed by atoms with Gasteiger partial charge in [0.2, 0.25) is 0 Å². The van der Waals surface area contributed by atoms with Crippen molar-refractivity contribution in [3.63, 3.8) is 0 Å². The SMILES string of the molecule is CCC1O[C@H](O[C@@H]2C(C)[C@@H](OC)OC(CC)[C@H]2C)C(C)[C@@H](C)[C@@H]1C. The molecule has 0 amide bonds. The molecule has 24 heavy (non-hydrogen) atoms. The van der Waals surface area contributed by atoms with Crippen molar-refractivity contribution < 1.29 is 18.9 Å². The summed E-state index contributed by atoms with van der Waals surface area (Å²) < 4.78 is 24.6. The van der Waals surface area contributed by atoms with Gasteiger partial charge in [0.1, 0.15) is 0 Å². The van der Waals surface area contributed by atoms with Crippen molar-refractivity contribution >= 4 is 0 Å². The second-order valence-corrected chi connectivity index (χ2v) is 8.03. The minimum Gasteiger partial charge on any atom is -0.355 e. The fraction of sp³-hybridized carbons (Fsp3) is 1.00. The minimum atomic E-state index is -0.201. The molecular weight excluding hydrogens is 304 g/mol. The van der Waals surface area contributed by atoms with E-state index in [-0.39, 0.29) is 36.8 Å². The van der Waals surface area contributed by atoms with Crippen LogP contribution in [-0.2, 0) is 18.9 Å². The van der Waals surface area contributed by atoms with Crippen LogP contribution < -0.4 is 0 Å². The van der Waals surface area contributed by atoms with Gasteiger partial charge in [0, 0.05) is 24.9 Å². The van der Waals surface area contributed by atoms with Crippen LogP contribution in [0.5, 0.6) is 0 Å². The Labute approximate surface area is 148 Å². The molecular formula is C20H38O4. The Kier molecular flexibility index (Phi) is 7.12. The molecule has 0 N–H and O–H groups in total. The predicted octanol–water partition coefficient (Wildman–Crippen LogP) is 4.47. The van der Waals surface area contributed by atoms with Crippen LogP contribution in [0, 0.1) is 29.6 Å². The molecule has 0 radical (unpaired) electrons. The summed E-state index contributed by atoms with van der Waals surface area (Å²) in [6, 6.07) is 0. The molecule has 2 saturated heterocycles. The van der Waals surface area contributed by atoms with E-state index in [0.717, 1.165) is 12.8 Å². The fourth-order valence-electron chi connectivity index (χ4n) is 4.52. The molecule has 0 aromatic rings. The Morgan fingerprint density at radius 1 is 0.667 bits per heavy atom. The summed E-state index contributed by atoms with van der Waals surface area (Å²) in [6.07, 6.45) is 2.23. The Morgan fingerprint density at radius 2 is 1.21 bits per heavy atom. The standard InChI is InChI=1S/C20H38O4/c1-9-16-12(4)11(3)13(5)20(23-16)24-18-14(6)17(10-2)22-19(21-8)15(18)7/h11-20H,9-10H2,1-8H3/t11-,12-,13?,14+,15?,16?,17?,18-,19-,20+/m0/s1. The number of hydrogen-bond acceptors (Lipinski definition) is 4. The molecule has 0 aromatic heterocycles. The van der Waals surface area contributed by atoms with Crippen molar-refractivity contribution in [1.29, 1.82) is 0 Å². The van der Waals surface area contributed by atoms with Crippen molar-refractivity contribution in [1.82, 2.24) is 0 Å². The van der Waals surface area contributed by atoms with E-state index in [1.807, 2.05) is 0 Å². The first-order valence-corrected chi connectivity index (χ1v) is 9.84. The maximum Gasteiger partial charge on any atom is 0.162 e. The van der Waals surface area contributed by atoms with E-state index in [1.54, 1.807) is 7.11 Å². The summed E-state index contributed by atoms with van der Waals surface area (Å²) in [6.45, 7) is 15.7. The zero-order chi connectivity index (χ0) is 18.0. The number of rotatable bonds is 5. The second kappa shape index (κ2) is 8.48. The molecule has 142 valence electrons. The van der Waals surface area contributed by atoms with Gasteiger partial charge in [0.15, 0.2) is 12.6 Å². The first-order chi connectivity index (χ1) is 11.3. The topological polar surface area (TPSA) is 36.9 Å². The molecule has 0 spiro atoms. The number of methoxy groups -OCH3 is 1. The largest absolute Gasteiger partial charge is 0.355 e. The van der Waals surface area contributed by atoms with Gasteiger partial charge in [0.05, 0.1) is 18.3 Å². The smallest absolute Gasteiger partial charge is 0.162 e. The van der Waals surface area contributed by atoms with Gasteiger partial charge in [0.25, 0.3) is 0 Å². The summed E-state index contributed by atoms with van der Waals surface area (Å²) in [5.74, 6) is 2.09. The third kappa shape index (κ3) is 3.82. The number of hydrogen-bond donors (Lipinski definition) is 0. The van der Waals surface area contributed by atoms with Gasteiger partial charge in [-0.2, -0.15) is 0 Å². The highest BCUT2D eigenvalue weighted by atomic mass is 16.7. The molecule has 0 bridgehead atoms. The predicted molar refractivity (Wildman–Crippen MR) is 95.6 cm³/mol. The summed E-state index contributed by atoms with van der Waals surface area (Å²) in [5, 5.41) is 0. The molecule has 2 aliphatic heterocycles. The molecule has 4 heteroatoms. The first kappa shape index (κ1) is 20.2. The van der Waals surface area contributed by atoms with Gasteiger partial charge in [-0.05, 0) is 24.7 Å². The highest BCUT2D eigenvalue weighted by Crippen LogP contribution is 2.40. The van der Waals surface area contributed by atoms with Gasteiger partial charge in [-0.15, -0.1) is 0 Å². The van der Waals surface area contributed by atoms with E-state index >= 15 is 0 Å². The highest BCUT2D eigenvalue weighted by Gasteiger charge is 2.46. The van der Waals surface area contributed by atoms with Crippen LogP contribution in [0.2, 0.25) is 0 Å². The van der Waals surface area contributed by atoms with Crippen LogP contribution in [0.15, 0.2) is 0 Å². The van der Waals surface area contributed by atoms with Crippen LogP contribution >= 0.6 is 0 Å². The van der Waals surface area contributed by atoms with Crippen molar-refractivity contribution in [2.45, 2.75) is 92.2 Å².